The molecule has 0 bridgehead atoms. The number of hydrogen-bond donors (Lipinski definition) is 0. The number of methoxy groups -OCH3 is 1. The molecule has 0 N–H and O–H groups in total. The summed E-state index contributed by atoms with van der Waals surface area (Å²) < 4.78 is 13.0. The molecule has 29 heavy (non-hydrogen) atoms. The topological polar surface area (TPSA) is 69.5 Å². The Morgan fingerprint density at radius 1 is 1.21 bits per heavy atom. The molecule has 0 saturated carbocycles. The second-order valence-electron chi connectivity index (χ2n) is 6.77. The summed E-state index contributed by atoms with van der Waals surface area (Å²) >= 11 is 6.09. The molecule has 1 fully saturated rings. The third-order valence-corrected chi connectivity index (χ3v) is 5.21. The zero-order chi connectivity index (χ0) is 20.4. The lowest BCUT2D eigenvalue weighted by Crippen LogP contribution is -2.41. The molecule has 4 rings (SSSR count). The molecule has 2 aromatic heterocycles. The molecule has 0 aliphatic carbocycles. The number of aromatic nitrogens is 3. The van der Waals surface area contributed by atoms with Crippen LogP contribution in [0.5, 0.6) is 5.75 Å². The molecule has 8 heteroatoms. The van der Waals surface area contributed by atoms with E-state index in [1.165, 1.54) is 0 Å². The van der Waals surface area contributed by atoms with Crippen LogP contribution in [0, 0.1) is 0 Å². The Morgan fingerprint density at radius 2 is 2.00 bits per heavy atom. The number of nitrogens with zero attached hydrogens (tertiary/aromatic N) is 4. The minimum atomic E-state index is -0.225. The lowest BCUT2D eigenvalue weighted by molar-refractivity contribution is 0.0374. The fourth-order valence-electron chi connectivity index (χ4n) is 3.45. The number of benzene rings is 1. The van der Waals surface area contributed by atoms with Crippen LogP contribution >= 0.6 is 11.6 Å². The van der Waals surface area contributed by atoms with Crippen LogP contribution in [0.25, 0.3) is 11.3 Å². The first-order valence-electron chi connectivity index (χ1n) is 9.25. The molecular formula is C21H21ClN4O3. The van der Waals surface area contributed by atoms with E-state index in [2.05, 4.69) is 9.88 Å². The quantitative estimate of drug-likeness (QED) is 0.656. The first kappa shape index (κ1) is 19.4. The van der Waals surface area contributed by atoms with Crippen LogP contribution in [0.15, 0.2) is 53.6 Å². The van der Waals surface area contributed by atoms with Crippen molar-refractivity contribution in [3.05, 3.63) is 69.7 Å². The fourth-order valence-corrected chi connectivity index (χ4v) is 3.61. The molecule has 1 aromatic carbocycles. The van der Waals surface area contributed by atoms with Gasteiger partial charge in [-0.1, -0.05) is 17.7 Å². The van der Waals surface area contributed by atoms with E-state index < -0.39 is 0 Å². The maximum Gasteiger partial charge on any atom is 0.255 e. The maximum atomic E-state index is 12.6. The monoisotopic (exact) mass is 412 g/mol. The minimum Gasteiger partial charge on any atom is -0.496 e. The van der Waals surface area contributed by atoms with Gasteiger partial charge >= 0.3 is 0 Å². The zero-order valence-electron chi connectivity index (χ0n) is 16.2. The van der Waals surface area contributed by atoms with Gasteiger partial charge in [-0.15, -0.1) is 0 Å². The number of hydrogen-bond acceptors (Lipinski definition) is 6. The smallest absolute Gasteiger partial charge is 0.255 e. The van der Waals surface area contributed by atoms with Crippen molar-refractivity contribution in [1.29, 1.82) is 0 Å². The second-order valence-corrected chi connectivity index (χ2v) is 7.20. The Morgan fingerprint density at radius 3 is 2.76 bits per heavy atom. The first-order chi connectivity index (χ1) is 14.1. The van der Waals surface area contributed by atoms with Crippen LogP contribution in [0.3, 0.4) is 0 Å². The van der Waals surface area contributed by atoms with E-state index in [0.717, 1.165) is 11.1 Å². The lowest BCUT2D eigenvalue weighted by atomic mass is 10.1. The van der Waals surface area contributed by atoms with Gasteiger partial charge in [0.15, 0.2) is 0 Å². The Hall–Kier alpha value is -2.90. The molecule has 7 nitrogen and oxygen atoms in total. The third-order valence-electron chi connectivity index (χ3n) is 4.98. The van der Waals surface area contributed by atoms with Gasteiger partial charge in [0.25, 0.3) is 5.56 Å². The number of pyridine rings is 1. The van der Waals surface area contributed by atoms with Crippen LogP contribution in [0.4, 0.5) is 5.95 Å². The van der Waals surface area contributed by atoms with E-state index in [1.54, 1.807) is 43.3 Å². The summed E-state index contributed by atoms with van der Waals surface area (Å²) in [5, 5.41) is 0.604. The van der Waals surface area contributed by atoms with Gasteiger partial charge in [0.2, 0.25) is 5.95 Å². The molecule has 1 saturated heterocycles. The zero-order valence-corrected chi connectivity index (χ0v) is 17.0. The number of halogens is 1. The number of anilines is 1. The highest BCUT2D eigenvalue weighted by atomic mass is 35.5. The molecule has 0 amide bonds. The van der Waals surface area contributed by atoms with Crippen LogP contribution < -0.4 is 15.2 Å². The summed E-state index contributed by atoms with van der Waals surface area (Å²) in [5.74, 6) is 1.28. The normalized spacial score (nSPS) is 16.7. The predicted octanol–water partition coefficient (Wildman–Crippen LogP) is 3.08. The van der Waals surface area contributed by atoms with Gasteiger partial charge in [0.1, 0.15) is 11.9 Å². The van der Waals surface area contributed by atoms with Gasteiger partial charge in [-0.05, 0) is 24.3 Å². The van der Waals surface area contributed by atoms with Gasteiger partial charge in [-0.25, -0.2) is 4.98 Å². The van der Waals surface area contributed by atoms with E-state index in [1.807, 2.05) is 24.3 Å². The van der Waals surface area contributed by atoms with Crippen LogP contribution in [-0.4, -0.2) is 41.3 Å². The highest BCUT2D eigenvalue weighted by Gasteiger charge is 2.27. The molecule has 1 aliphatic rings. The lowest BCUT2D eigenvalue weighted by Gasteiger charge is -2.35. The molecule has 1 atom stereocenters. The molecule has 3 aromatic rings. The Labute approximate surface area is 173 Å². The summed E-state index contributed by atoms with van der Waals surface area (Å²) in [7, 11) is 3.34. The predicted molar refractivity (Wildman–Crippen MR) is 112 cm³/mol. The highest BCUT2D eigenvalue weighted by Crippen LogP contribution is 2.33. The van der Waals surface area contributed by atoms with Crippen molar-refractivity contribution in [3.63, 3.8) is 0 Å². The summed E-state index contributed by atoms with van der Waals surface area (Å²) in [6, 6.07) is 10.7. The molecule has 0 spiro atoms. The summed E-state index contributed by atoms with van der Waals surface area (Å²) in [6.45, 7) is 1.68. The molecule has 0 radical (unpaired) electrons. The van der Waals surface area contributed by atoms with E-state index in [-0.39, 0.29) is 11.7 Å². The summed E-state index contributed by atoms with van der Waals surface area (Å²) in [4.78, 5) is 23.4. The van der Waals surface area contributed by atoms with Crippen molar-refractivity contribution in [2.45, 2.75) is 6.10 Å². The summed E-state index contributed by atoms with van der Waals surface area (Å²) in [6.07, 6.45) is 3.15. The molecular weight excluding hydrogens is 392 g/mol. The fraction of sp³-hybridized carbons (Fsp3) is 0.286. The molecule has 1 aliphatic heterocycles. The Bertz CT molecular complexity index is 1070. The van der Waals surface area contributed by atoms with Crippen molar-refractivity contribution >= 4 is 17.5 Å². The average molecular weight is 413 g/mol. The van der Waals surface area contributed by atoms with Crippen molar-refractivity contribution in [2.75, 3.05) is 31.7 Å². The average Bonchev–Trinajstić information content (AvgIpc) is 2.76. The van der Waals surface area contributed by atoms with Crippen molar-refractivity contribution in [3.8, 4) is 17.0 Å². The second kappa shape index (κ2) is 8.23. The molecule has 1 unspecified atom stereocenters. The third kappa shape index (κ3) is 3.97. The van der Waals surface area contributed by atoms with Crippen molar-refractivity contribution in [2.24, 2.45) is 7.05 Å². The van der Waals surface area contributed by atoms with Gasteiger partial charge in [-0.3, -0.25) is 14.3 Å². The van der Waals surface area contributed by atoms with E-state index in [4.69, 9.17) is 26.1 Å². The minimum absolute atomic E-state index is 0.117. The van der Waals surface area contributed by atoms with E-state index in [0.29, 0.717) is 42.1 Å². The van der Waals surface area contributed by atoms with Crippen LogP contribution in [-0.2, 0) is 11.8 Å². The molecule has 150 valence electrons. The van der Waals surface area contributed by atoms with Crippen LogP contribution in [0.1, 0.15) is 11.7 Å². The Balaban J connectivity index is 1.68. The number of morpholine rings is 1. The van der Waals surface area contributed by atoms with Crippen molar-refractivity contribution in [1.82, 2.24) is 14.5 Å². The number of ether oxygens (including phenoxy) is 2. The Kier molecular flexibility index (Phi) is 5.51. The van der Waals surface area contributed by atoms with E-state index in [9.17, 15) is 4.79 Å². The first-order valence-corrected chi connectivity index (χ1v) is 9.63. The maximum absolute atomic E-state index is 12.6. The van der Waals surface area contributed by atoms with Gasteiger partial charge in [-0.2, -0.15) is 0 Å². The largest absolute Gasteiger partial charge is 0.496 e. The van der Waals surface area contributed by atoms with Crippen LogP contribution in [0.2, 0.25) is 5.02 Å². The SMILES string of the molecule is COc1cc(Cl)ccc1C1CN(c2nc(-c3ccncc3)cc(=O)n2C)CCO1. The molecule has 3 heterocycles. The summed E-state index contributed by atoms with van der Waals surface area (Å²) in [5.41, 5.74) is 2.27. The van der Waals surface area contributed by atoms with E-state index >= 15 is 0 Å². The highest BCUT2D eigenvalue weighted by molar-refractivity contribution is 6.30. The van der Waals surface area contributed by atoms with Crippen molar-refractivity contribution < 1.29 is 9.47 Å². The van der Waals surface area contributed by atoms with Gasteiger partial charge in [0.05, 0.1) is 26.0 Å². The standard InChI is InChI=1S/C21H21ClN4O3/c1-25-20(27)12-17(14-5-7-23-8-6-14)24-21(25)26-9-10-29-19(13-26)16-4-3-15(22)11-18(16)28-2/h3-8,11-12,19H,9-10,13H2,1-2H3. The number of rotatable bonds is 4. The van der Waals surface area contributed by atoms with Gasteiger partial charge in [0, 0.05) is 48.2 Å². The van der Waals surface area contributed by atoms with Gasteiger partial charge < -0.3 is 14.4 Å².